The van der Waals surface area contributed by atoms with E-state index >= 15 is 0 Å². The highest BCUT2D eigenvalue weighted by atomic mass is 16.5. The van der Waals surface area contributed by atoms with Gasteiger partial charge in [0, 0.05) is 16.4 Å². The van der Waals surface area contributed by atoms with E-state index in [4.69, 9.17) is 4.52 Å². The Kier molecular flexibility index (Phi) is 3.55. The number of rotatable bonds is 0. The topological polar surface area (TPSA) is 60.9 Å². The molecule has 0 atom stereocenters. The van der Waals surface area contributed by atoms with E-state index in [1.165, 1.54) is 0 Å². The Labute approximate surface area is 131 Å². The van der Waals surface area contributed by atoms with Crippen LogP contribution in [0.4, 0.5) is 0 Å². The molecule has 0 saturated heterocycles. The molecule has 0 aliphatic carbocycles. The van der Waals surface area contributed by atoms with Gasteiger partial charge in [-0.25, -0.2) is 0 Å². The Bertz CT molecular complexity index is 763. The lowest BCUT2D eigenvalue weighted by atomic mass is 9.89. The van der Waals surface area contributed by atoms with Crippen molar-refractivity contribution in [3.8, 4) is 0 Å². The van der Waals surface area contributed by atoms with E-state index in [1.54, 1.807) is 4.57 Å². The highest BCUT2D eigenvalue weighted by Gasteiger charge is 2.33. The molecule has 5 heteroatoms. The van der Waals surface area contributed by atoms with Gasteiger partial charge in [-0.3, -0.25) is 9.36 Å². The van der Waals surface area contributed by atoms with Gasteiger partial charge in [-0.2, -0.15) is 4.98 Å². The molecule has 2 rings (SSSR count). The zero-order valence-electron chi connectivity index (χ0n) is 15.2. The predicted octanol–water partition coefficient (Wildman–Crippen LogP) is 3.73. The van der Waals surface area contributed by atoms with Gasteiger partial charge in [0.15, 0.2) is 0 Å². The Morgan fingerprint density at radius 3 is 1.86 bits per heavy atom. The summed E-state index contributed by atoms with van der Waals surface area (Å²) in [5.41, 5.74) is 0.0145. The highest BCUT2D eigenvalue weighted by molar-refractivity contribution is 5.76. The molecule has 0 unspecified atom stereocenters. The Morgan fingerprint density at radius 1 is 0.909 bits per heavy atom. The van der Waals surface area contributed by atoms with E-state index < -0.39 is 0 Å². The van der Waals surface area contributed by atoms with Crippen LogP contribution in [0.1, 0.15) is 73.8 Å². The number of hydrogen-bond donors (Lipinski definition) is 0. The third kappa shape index (κ3) is 2.69. The van der Waals surface area contributed by atoms with Crippen molar-refractivity contribution < 1.29 is 4.52 Å². The fraction of sp³-hybridized carbons (Fsp3) is 0.706. The molecule has 0 aromatic carbocycles. The lowest BCUT2D eigenvalue weighted by Gasteiger charge is -2.30. The molecule has 0 fully saturated rings. The molecule has 0 amide bonds. The number of fused-ring (bicyclic) bond motifs is 1. The van der Waals surface area contributed by atoms with Gasteiger partial charge < -0.3 is 4.52 Å². The summed E-state index contributed by atoms with van der Waals surface area (Å²) in [6.45, 7) is 18.2. The molecule has 2 heterocycles. The zero-order chi connectivity index (χ0) is 17.1. The zero-order valence-corrected chi connectivity index (χ0v) is 15.2. The van der Waals surface area contributed by atoms with Crippen LogP contribution in [0.5, 0.6) is 0 Å². The summed E-state index contributed by atoms with van der Waals surface area (Å²) in [6, 6.07) is 0. The van der Waals surface area contributed by atoms with Gasteiger partial charge in [0.25, 0.3) is 11.3 Å². The number of hydrogen-bond acceptors (Lipinski definition) is 4. The van der Waals surface area contributed by atoms with Crippen LogP contribution >= 0.6 is 0 Å². The Hall–Kier alpha value is -1.65. The summed E-state index contributed by atoms with van der Waals surface area (Å²) < 4.78 is 7.16. The molecule has 0 aliphatic rings. The van der Waals surface area contributed by atoms with Crippen molar-refractivity contribution in [2.45, 2.75) is 78.7 Å². The van der Waals surface area contributed by atoms with Gasteiger partial charge >= 0.3 is 0 Å². The van der Waals surface area contributed by atoms with Crippen molar-refractivity contribution in [3.63, 3.8) is 0 Å². The Morgan fingerprint density at radius 2 is 1.45 bits per heavy atom. The van der Waals surface area contributed by atoms with Crippen LogP contribution < -0.4 is 5.56 Å². The molecule has 0 bridgehead atoms. The van der Waals surface area contributed by atoms with Crippen LogP contribution in [0, 0.1) is 0 Å². The standard InChI is InChI=1S/C17H27N3O2/c1-15(2,3)11-10-12(22-19-11)18-14(16(4,5)6)20(13(10)21)17(7,8)9/h1-9H3. The number of aromatic nitrogens is 3. The molecule has 0 N–H and O–H groups in total. The summed E-state index contributed by atoms with van der Waals surface area (Å²) in [7, 11) is 0. The van der Waals surface area contributed by atoms with Crippen LogP contribution in [-0.2, 0) is 16.4 Å². The average molecular weight is 305 g/mol. The largest absolute Gasteiger partial charge is 0.335 e. The Balaban J connectivity index is 3.01. The van der Waals surface area contributed by atoms with Crippen LogP contribution in [0.3, 0.4) is 0 Å². The number of nitrogens with zero attached hydrogens (tertiary/aromatic N) is 3. The maximum absolute atomic E-state index is 13.2. The van der Waals surface area contributed by atoms with Crippen molar-refractivity contribution in [2.75, 3.05) is 0 Å². The maximum Gasteiger partial charge on any atom is 0.267 e. The van der Waals surface area contributed by atoms with E-state index in [0.29, 0.717) is 22.6 Å². The fourth-order valence-corrected chi connectivity index (χ4v) is 2.54. The molecule has 5 nitrogen and oxygen atoms in total. The minimum absolute atomic E-state index is 0.0754. The first kappa shape index (κ1) is 16.7. The van der Waals surface area contributed by atoms with E-state index in [9.17, 15) is 4.79 Å². The summed E-state index contributed by atoms with van der Waals surface area (Å²) in [5, 5.41) is 4.62. The van der Waals surface area contributed by atoms with Gasteiger partial charge in [-0.15, -0.1) is 0 Å². The third-order valence-electron chi connectivity index (χ3n) is 3.56. The summed E-state index contributed by atoms with van der Waals surface area (Å²) in [4.78, 5) is 17.8. The molecule has 22 heavy (non-hydrogen) atoms. The minimum Gasteiger partial charge on any atom is -0.335 e. The van der Waals surface area contributed by atoms with Gasteiger partial charge in [-0.05, 0) is 20.8 Å². The molecule has 0 saturated carbocycles. The van der Waals surface area contributed by atoms with E-state index in [-0.39, 0.29) is 21.9 Å². The molecule has 0 radical (unpaired) electrons. The van der Waals surface area contributed by atoms with E-state index in [0.717, 1.165) is 0 Å². The highest BCUT2D eigenvalue weighted by Crippen LogP contribution is 2.30. The normalized spacial score (nSPS) is 13.9. The molecule has 2 aromatic heterocycles. The second-order valence-corrected chi connectivity index (χ2v) is 8.96. The lowest BCUT2D eigenvalue weighted by molar-refractivity contribution is 0.335. The first-order chi connectivity index (χ1) is 9.74. The van der Waals surface area contributed by atoms with Crippen LogP contribution in [-0.4, -0.2) is 14.7 Å². The van der Waals surface area contributed by atoms with Crippen molar-refractivity contribution >= 4 is 11.1 Å². The van der Waals surface area contributed by atoms with Crippen LogP contribution in [0.25, 0.3) is 11.1 Å². The maximum atomic E-state index is 13.2. The van der Waals surface area contributed by atoms with Gasteiger partial charge in [-0.1, -0.05) is 46.7 Å². The molecular formula is C17H27N3O2. The van der Waals surface area contributed by atoms with Gasteiger partial charge in [0.05, 0.1) is 0 Å². The van der Waals surface area contributed by atoms with Crippen molar-refractivity contribution in [1.82, 2.24) is 14.7 Å². The average Bonchev–Trinajstić information content (AvgIpc) is 2.69. The lowest BCUT2D eigenvalue weighted by Crippen LogP contribution is -2.41. The molecular weight excluding hydrogens is 278 g/mol. The smallest absolute Gasteiger partial charge is 0.267 e. The van der Waals surface area contributed by atoms with Gasteiger partial charge in [0.2, 0.25) is 0 Å². The third-order valence-corrected chi connectivity index (χ3v) is 3.56. The summed E-state index contributed by atoms with van der Waals surface area (Å²) >= 11 is 0. The van der Waals surface area contributed by atoms with Gasteiger partial charge in [0.1, 0.15) is 16.9 Å². The summed E-state index contributed by atoms with van der Waals surface area (Å²) in [5.74, 6) is 0.717. The summed E-state index contributed by atoms with van der Waals surface area (Å²) in [6.07, 6.45) is 0. The first-order valence-corrected chi connectivity index (χ1v) is 7.68. The molecule has 0 spiro atoms. The second-order valence-electron chi connectivity index (χ2n) is 8.96. The monoisotopic (exact) mass is 305 g/mol. The molecule has 122 valence electrons. The van der Waals surface area contributed by atoms with Crippen LogP contribution in [0.15, 0.2) is 9.32 Å². The predicted molar refractivity (Wildman–Crippen MR) is 88.5 cm³/mol. The van der Waals surface area contributed by atoms with Crippen molar-refractivity contribution in [1.29, 1.82) is 0 Å². The van der Waals surface area contributed by atoms with Crippen LogP contribution in [0.2, 0.25) is 0 Å². The minimum atomic E-state index is -0.368. The van der Waals surface area contributed by atoms with Crippen molar-refractivity contribution in [3.05, 3.63) is 21.9 Å². The molecule has 0 aliphatic heterocycles. The fourth-order valence-electron chi connectivity index (χ4n) is 2.54. The van der Waals surface area contributed by atoms with Crippen molar-refractivity contribution in [2.24, 2.45) is 0 Å². The van der Waals surface area contributed by atoms with E-state index in [1.807, 2.05) is 62.3 Å². The quantitative estimate of drug-likeness (QED) is 0.744. The molecule has 2 aromatic rings. The second kappa shape index (κ2) is 4.67. The first-order valence-electron chi connectivity index (χ1n) is 7.68. The SMILES string of the molecule is CC(C)(C)c1noc2nc(C(C)(C)C)n(C(C)(C)C)c(=O)c12. The van der Waals surface area contributed by atoms with E-state index in [2.05, 4.69) is 10.1 Å².